The van der Waals surface area contributed by atoms with Gasteiger partial charge in [0.15, 0.2) is 5.79 Å². The summed E-state index contributed by atoms with van der Waals surface area (Å²) in [4.78, 5) is 0. The molecule has 3 heteroatoms. The molecule has 2 saturated heterocycles. The second-order valence-electron chi connectivity index (χ2n) is 13.0. The first-order valence-electron chi connectivity index (χ1n) is 13.3. The standard InChI is InChI=1S/C27H44O3/c1-16-10-12-27(29-15-16)17(2)24-22(30-27)13-21-19-9-8-18-7-5-6-11-25(18,3)20(19)14-23(28)26(21,24)4/h16-24,28H,5-15H2,1-4H3/t16-,17+,18-,19-,20-,21-,22-,23+,24+,25+,26+,27-/m1/s1. The maximum atomic E-state index is 11.8. The van der Waals surface area contributed by atoms with Crippen LogP contribution in [0.4, 0.5) is 0 Å². The third-order valence-electron chi connectivity index (χ3n) is 12.0. The van der Waals surface area contributed by atoms with Crippen LogP contribution in [0.3, 0.4) is 0 Å². The van der Waals surface area contributed by atoms with E-state index in [1.54, 1.807) is 0 Å². The van der Waals surface area contributed by atoms with Crippen molar-refractivity contribution in [2.45, 2.75) is 110 Å². The molecule has 0 bridgehead atoms. The Kier molecular flexibility index (Phi) is 4.58. The van der Waals surface area contributed by atoms with Crippen LogP contribution in [0.1, 0.15) is 91.9 Å². The van der Waals surface area contributed by atoms with Crippen LogP contribution in [-0.4, -0.2) is 29.7 Å². The molecule has 0 radical (unpaired) electrons. The first kappa shape index (κ1) is 20.5. The van der Waals surface area contributed by atoms with Crippen LogP contribution in [-0.2, 0) is 9.47 Å². The van der Waals surface area contributed by atoms with Gasteiger partial charge in [-0.3, -0.25) is 0 Å². The van der Waals surface area contributed by atoms with Crippen LogP contribution in [0.5, 0.6) is 0 Å². The molecule has 6 aliphatic rings. The number of aliphatic hydroxyl groups excluding tert-OH is 1. The van der Waals surface area contributed by atoms with Crippen LogP contribution in [0.2, 0.25) is 0 Å². The smallest absolute Gasteiger partial charge is 0.171 e. The van der Waals surface area contributed by atoms with Crippen molar-refractivity contribution in [1.82, 2.24) is 0 Å². The van der Waals surface area contributed by atoms with Gasteiger partial charge in [-0.1, -0.05) is 40.5 Å². The zero-order valence-electron chi connectivity index (χ0n) is 19.7. The summed E-state index contributed by atoms with van der Waals surface area (Å²) in [5, 5.41) is 11.8. The number of aliphatic hydroxyl groups is 1. The van der Waals surface area contributed by atoms with E-state index in [4.69, 9.17) is 9.47 Å². The lowest BCUT2D eigenvalue weighted by Crippen LogP contribution is -2.59. The highest BCUT2D eigenvalue weighted by Crippen LogP contribution is 2.71. The highest BCUT2D eigenvalue weighted by atomic mass is 16.7. The molecular weight excluding hydrogens is 372 g/mol. The van der Waals surface area contributed by atoms with Crippen molar-refractivity contribution in [2.75, 3.05) is 6.61 Å². The molecule has 0 aromatic heterocycles. The van der Waals surface area contributed by atoms with Crippen molar-refractivity contribution in [2.24, 2.45) is 52.3 Å². The Labute approximate surface area is 183 Å². The summed E-state index contributed by atoms with van der Waals surface area (Å²) < 4.78 is 13.3. The van der Waals surface area contributed by atoms with E-state index in [9.17, 15) is 5.11 Å². The van der Waals surface area contributed by atoms with Crippen molar-refractivity contribution in [3.8, 4) is 0 Å². The van der Waals surface area contributed by atoms with Gasteiger partial charge in [0, 0.05) is 23.7 Å². The topological polar surface area (TPSA) is 38.7 Å². The summed E-state index contributed by atoms with van der Waals surface area (Å²) in [6.45, 7) is 10.5. The molecule has 0 aromatic rings. The summed E-state index contributed by atoms with van der Waals surface area (Å²) >= 11 is 0. The summed E-state index contributed by atoms with van der Waals surface area (Å²) in [5.41, 5.74) is 0.469. The second-order valence-corrected chi connectivity index (χ2v) is 13.0. The molecule has 0 unspecified atom stereocenters. The Hall–Kier alpha value is -0.120. The first-order valence-corrected chi connectivity index (χ1v) is 13.3. The normalized spacial score (nSPS) is 62.5. The molecule has 170 valence electrons. The average molecular weight is 417 g/mol. The van der Waals surface area contributed by atoms with E-state index in [1.807, 2.05) is 0 Å². The maximum Gasteiger partial charge on any atom is 0.171 e. The number of hydrogen-bond donors (Lipinski definition) is 1. The van der Waals surface area contributed by atoms with Gasteiger partial charge in [0.25, 0.3) is 0 Å². The highest BCUT2D eigenvalue weighted by Gasteiger charge is 2.71. The minimum Gasteiger partial charge on any atom is -0.393 e. The average Bonchev–Trinajstić information content (AvgIpc) is 3.17. The molecule has 0 aromatic carbocycles. The summed E-state index contributed by atoms with van der Waals surface area (Å²) in [6, 6.07) is 0. The maximum absolute atomic E-state index is 11.8. The Morgan fingerprint density at radius 2 is 1.73 bits per heavy atom. The van der Waals surface area contributed by atoms with Gasteiger partial charge in [0.1, 0.15) is 0 Å². The van der Waals surface area contributed by atoms with E-state index in [-0.39, 0.29) is 23.4 Å². The van der Waals surface area contributed by atoms with Crippen LogP contribution >= 0.6 is 0 Å². The summed E-state index contributed by atoms with van der Waals surface area (Å²) in [6.07, 6.45) is 13.0. The van der Waals surface area contributed by atoms with E-state index in [0.717, 1.165) is 43.6 Å². The van der Waals surface area contributed by atoms with Crippen molar-refractivity contribution >= 4 is 0 Å². The van der Waals surface area contributed by atoms with E-state index in [0.29, 0.717) is 29.1 Å². The lowest BCUT2D eigenvalue weighted by Gasteiger charge is -2.62. The molecule has 30 heavy (non-hydrogen) atoms. The Morgan fingerprint density at radius 1 is 0.900 bits per heavy atom. The molecule has 2 aliphatic heterocycles. The molecular formula is C27H44O3. The van der Waals surface area contributed by atoms with Crippen LogP contribution in [0.15, 0.2) is 0 Å². The van der Waals surface area contributed by atoms with Gasteiger partial charge in [0.05, 0.1) is 18.8 Å². The van der Waals surface area contributed by atoms with Gasteiger partial charge >= 0.3 is 0 Å². The molecule has 4 saturated carbocycles. The van der Waals surface area contributed by atoms with Crippen molar-refractivity contribution in [3.05, 3.63) is 0 Å². The van der Waals surface area contributed by atoms with E-state index >= 15 is 0 Å². The minimum atomic E-state index is -0.376. The Balaban J connectivity index is 1.31. The number of ether oxygens (including phenoxy) is 2. The summed E-state index contributed by atoms with van der Waals surface area (Å²) in [7, 11) is 0. The monoisotopic (exact) mass is 416 g/mol. The third-order valence-corrected chi connectivity index (χ3v) is 12.0. The fourth-order valence-electron chi connectivity index (χ4n) is 10.3. The predicted octanol–water partition coefficient (Wildman–Crippen LogP) is 5.79. The zero-order chi connectivity index (χ0) is 20.9. The van der Waals surface area contributed by atoms with Crippen molar-refractivity contribution in [1.29, 1.82) is 0 Å². The molecule has 1 spiro atoms. The molecule has 2 heterocycles. The molecule has 6 fully saturated rings. The molecule has 3 nitrogen and oxygen atoms in total. The number of fused-ring (bicyclic) bond motifs is 7. The Morgan fingerprint density at radius 3 is 2.50 bits per heavy atom. The number of rotatable bonds is 0. The van der Waals surface area contributed by atoms with Gasteiger partial charge in [0.2, 0.25) is 0 Å². The van der Waals surface area contributed by atoms with Crippen LogP contribution < -0.4 is 0 Å². The van der Waals surface area contributed by atoms with Gasteiger partial charge in [-0.05, 0) is 80.0 Å². The quantitative estimate of drug-likeness (QED) is 0.543. The van der Waals surface area contributed by atoms with Crippen LogP contribution in [0, 0.1) is 52.3 Å². The largest absolute Gasteiger partial charge is 0.393 e. The molecule has 4 aliphatic carbocycles. The molecule has 0 amide bonds. The summed E-state index contributed by atoms with van der Waals surface area (Å²) in [5.74, 6) is 4.15. The molecule has 6 rings (SSSR count). The lowest BCUT2D eigenvalue weighted by molar-refractivity contribution is -0.274. The predicted molar refractivity (Wildman–Crippen MR) is 118 cm³/mol. The fraction of sp³-hybridized carbons (Fsp3) is 1.00. The van der Waals surface area contributed by atoms with Crippen LogP contribution in [0.25, 0.3) is 0 Å². The zero-order valence-corrected chi connectivity index (χ0v) is 19.7. The third kappa shape index (κ3) is 2.49. The van der Waals surface area contributed by atoms with Gasteiger partial charge in [-0.2, -0.15) is 0 Å². The van der Waals surface area contributed by atoms with E-state index in [2.05, 4.69) is 27.7 Å². The lowest BCUT2D eigenvalue weighted by atomic mass is 9.44. The molecule has 12 atom stereocenters. The number of hydrogen-bond acceptors (Lipinski definition) is 3. The first-order chi connectivity index (χ1) is 14.3. The van der Waals surface area contributed by atoms with Gasteiger partial charge < -0.3 is 14.6 Å². The van der Waals surface area contributed by atoms with Crippen molar-refractivity contribution < 1.29 is 14.6 Å². The highest BCUT2D eigenvalue weighted by molar-refractivity contribution is 5.17. The second kappa shape index (κ2) is 6.70. The van der Waals surface area contributed by atoms with Gasteiger partial charge in [-0.25, -0.2) is 0 Å². The molecule has 1 N–H and O–H groups in total. The Bertz CT molecular complexity index is 684. The SMILES string of the molecule is C[C@@H]1CC[C@@]2(OC1)O[C@@H]1C[C@@H]3[C@@H]4CC[C@H]5CCCC[C@]5(C)[C@@H]4C[C@H](O)[C@@]3(C)[C@H]1[C@@H]2C. The minimum absolute atomic E-state index is 0.000956. The van der Waals surface area contributed by atoms with E-state index < -0.39 is 0 Å². The fourth-order valence-corrected chi connectivity index (χ4v) is 10.3. The van der Waals surface area contributed by atoms with Gasteiger partial charge in [-0.15, -0.1) is 0 Å². The van der Waals surface area contributed by atoms with E-state index in [1.165, 1.54) is 44.9 Å². The van der Waals surface area contributed by atoms with Crippen molar-refractivity contribution in [3.63, 3.8) is 0 Å².